The predicted molar refractivity (Wildman–Crippen MR) is 129 cm³/mol. The van der Waals surface area contributed by atoms with Gasteiger partial charge in [0.05, 0.1) is 40.4 Å². The summed E-state index contributed by atoms with van der Waals surface area (Å²) in [5.41, 5.74) is 6.85. The quantitative estimate of drug-likeness (QED) is 0.421. The van der Waals surface area contributed by atoms with Crippen molar-refractivity contribution in [1.29, 1.82) is 0 Å². The Kier molecular flexibility index (Phi) is 5.85. The Morgan fingerprint density at radius 1 is 1.11 bits per heavy atom. The molecule has 0 aliphatic carbocycles. The lowest BCUT2D eigenvalue weighted by molar-refractivity contribution is -0.137. The average Bonchev–Trinajstić information content (AvgIpc) is 3.22. The van der Waals surface area contributed by atoms with E-state index in [0.29, 0.717) is 46.9 Å². The van der Waals surface area contributed by atoms with Crippen LogP contribution in [0.3, 0.4) is 0 Å². The van der Waals surface area contributed by atoms with E-state index in [2.05, 4.69) is 15.1 Å². The number of hydrogen-bond acceptors (Lipinski definition) is 6. The molecule has 0 spiro atoms. The van der Waals surface area contributed by atoms with Crippen LogP contribution >= 0.6 is 0 Å². The minimum Gasteiger partial charge on any atom is -0.383 e. The lowest BCUT2D eigenvalue weighted by Gasteiger charge is -2.39. The molecule has 0 saturated carbocycles. The molecule has 192 valence electrons. The van der Waals surface area contributed by atoms with Gasteiger partial charge in [0.2, 0.25) is 0 Å². The smallest absolute Gasteiger partial charge is 0.383 e. The Morgan fingerprint density at radius 2 is 1.86 bits per heavy atom. The highest BCUT2D eigenvalue weighted by Crippen LogP contribution is 2.30. The average molecular weight is 512 g/mol. The zero-order valence-electron chi connectivity index (χ0n) is 20.0. The molecule has 37 heavy (non-hydrogen) atoms. The molecule has 4 heterocycles. The number of nitrogens with zero attached hydrogens (tertiary/aromatic N) is 7. The molecule has 13 heteroatoms. The zero-order chi connectivity index (χ0) is 26.5. The molecule has 5 rings (SSSR count). The molecule has 1 saturated heterocycles. The van der Waals surface area contributed by atoms with Gasteiger partial charge in [0.25, 0.3) is 5.91 Å². The number of benzene rings is 1. The van der Waals surface area contributed by atoms with E-state index in [9.17, 15) is 22.8 Å². The maximum Gasteiger partial charge on any atom is 0.417 e. The second-order valence-electron chi connectivity index (χ2n) is 8.80. The van der Waals surface area contributed by atoms with Crippen molar-refractivity contribution in [3.8, 4) is 0 Å². The van der Waals surface area contributed by atoms with Gasteiger partial charge in [0, 0.05) is 44.3 Å². The highest BCUT2D eigenvalue weighted by molar-refractivity contribution is 6.10. The first kappa shape index (κ1) is 24.3. The van der Waals surface area contributed by atoms with E-state index in [1.807, 2.05) is 0 Å². The summed E-state index contributed by atoms with van der Waals surface area (Å²) in [4.78, 5) is 36.6. The van der Waals surface area contributed by atoms with Gasteiger partial charge in [0.1, 0.15) is 5.82 Å². The van der Waals surface area contributed by atoms with Crippen molar-refractivity contribution in [2.75, 3.05) is 25.9 Å². The molecule has 2 N–H and O–H groups in total. The number of nitrogens with two attached hydrogens (primary N) is 1. The number of hydrazine groups is 1. The summed E-state index contributed by atoms with van der Waals surface area (Å²) in [6.45, 7) is 0.905. The van der Waals surface area contributed by atoms with Crippen LogP contribution in [0, 0.1) is 0 Å². The number of carbonyl (C=O) groups excluding carboxylic acids is 2. The minimum absolute atomic E-state index is 0.189. The van der Waals surface area contributed by atoms with Crippen LogP contribution in [-0.4, -0.2) is 66.7 Å². The third-order valence-corrected chi connectivity index (χ3v) is 6.42. The van der Waals surface area contributed by atoms with Crippen molar-refractivity contribution >= 4 is 39.6 Å². The largest absolute Gasteiger partial charge is 0.417 e. The van der Waals surface area contributed by atoms with Gasteiger partial charge in [-0.25, -0.2) is 19.8 Å². The van der Waals surface area contributed by atoms with Gasteiger partial charge in [-0.2, -0.15) is 18.3 Å². The van der Waals surface area contributed by atoms with Crippen LogP contribution in [0.2, 0.25) is 0 Å². The highest BCUT2D eigenvalue weighted by Gasteiger charge is 2.32. The van der Waals surface area contributed by atoms with Crippen LogP contribution in [-0.2, 0) is 19.8 Å². The molecule has 0 atom stereocenters. The standard InChI is InChI=1S/C24H23F3N8O2/c1-32-20-17-10-14(4-7-19(17)31-21(28)18(20)12-30-32)22(36)35(33(2)23(37)34-8-3-9-34)13-16-6-5-15(11-29-16)24(25,26)27/h4-7,10-12H,3,8-9,13H2,1-2H3,(H2,28,31). The summed E-state index contributed by atoms with van der Waals surface area (Å²) in [5.74, 6) is -0.225. The monoisotopic (exact) mass is 512 g/mol. The van der Waals surface area contributed by atoms with Crippen molar-refractivity contribution in [3.05, 3.63) is 59.5 Å². The van der Waals surface area contributed by atoms with Gasteiger partial charge in [-0.15, -0.1) is 0 Å². The molecule has 0 bridgehead atoms. The third kappa shape index (κ3) is 4.36. The highest BCUT2D eigenvalue weighted by atomic mass is 19.4. The van der Waals surface area contributed by atoms with Gasteiger partial charge in [-0.1, -0.05) is 0 Å². The van der Waals surface area contributed by atoms with E-state index < -0.39 is 23.7 Å². The van der Waals surface area contributed by atoms with Crippen LogP contribution in [0.5, 0.6) is 0 Å². The van der Waals surface area contributed by atoms with Crippen molar-refractivity contribution in [2.45, 2.75) is 19.1 Å². The van der Waals surface area contributed by atoms with Crippen molar-refractivity contribution in [1.82, 2.24) is 34.7 Å². The number of urea groups is 1. The number of aromatic nitrogens is 4. The van der Waals surface area contributed by atoms with Gasteiger partial charge >= 0.3 is 12.2 Å². The number of halogens is 3. The second kappa shape index (κ2) is 8.91. The lowest BCUT2D eigenvalue weighted by Crippen LogP contribution is -2.55. The van der Waals surface area contributed by atoms with E-state index in [1.54, 1.807) is 41.0 Å². The fraction of sp³-hybridized carbons (Fsp3) is 0.292. The number of alkyl halides is 3. The van der Waals surface area contributed by atoms with Crippen LogP contribution < -0.4 is 5.73 Å². The van der Waals surface area contributed by atoms with E-state index >= 15 is 0 Å². The molecule has 1 aliphatic rings. The van der Waals surface area contributed by atoms with Crippen LogP contribution in [0.25, 0.3) is 21.8 Å². The van der Waals surface area contributed by atoms with Crippen molar-refractivity contribution in [2.24, 2.45) is 7.05 Å². The number of aryl methyl sites for hydroxylation is 1. The number of rotatable bonds is 3. The lowest BCUT2D eigenvalue weighted by atomic mass is 10.1. The maximum atomic E-state index is 13.8. The minimum atomic E-state index is -4.54. The van der Waals surface area contributed by atoms with Crippen LogP contribution in [0.15, 0.2) is 42.7 Å². The Morgan fingerprint density at radius 3 is 2.49 bits per heavy atom. The molecule has 0 radical (unpaired) electrons. The first-order valence-electron chi connectivity index (χ1n) is 11.4. The van der Waals surface area contributed by atoms with Crippen LogP contribution in [0.4, 0.5) is 23.8 Å². The Bertz CT molecular complexity index is 1510. The molecular weight excluding hydrogens is 489 g/mol. The topological polar surface area (TPSA) is 113 Å². The van der Waals surface area contributed by atoms with Crippen LogP contribution in [0.1, 0.15) is 28.0 Å². The SMILES string of the molecule is CN(C(=O)N1CCC1)N(Cc1ccc(C(F)(F)F)cn1)C(=O)c1ccc2nc(N)c3cnn(C)c3c2c1. The van der Waals surface area contributed by atoms with E-state index in [0.717, 1.165) is 12.5 Å². The summed E-state index contributed by atoms with van der Waals surface area (Å²) in [6, 6.07) is 6.55. The molecule has 1 fully saturated rings. The predicted octanol–water partition coefficient (Wildman–Crippen LogP) is 3.43. The van der Waals surface area contributed by atoms with Gasteiger partial charge in [0.15, 0.2) is 0 Å². The molecule has 3 amide bonds. The Balaban J connectivity index is 1.53. The van der Waals surface area contributed by atoms with Gasteiger partial charge in [-0.3, -0.25) is 14.5 Å². The molecule has 4 aromatic rings. The molecule has 1 aromatic carbocycles. The van der Waals surface area contributed by atoms with E-state index in [4.69, 9.17) is 5.73 Å². The number of likely N-dealkylation sites (tertiary alicyclic amines) is 1. The number of pyridine rings is 2. The normalized spacial score (nSPS) is 13.6. The maximum absolute atomic E-state index is 13.8. The second-order valence-corrected chi connectivity index (χ2v) is 8.80. The molecule has 3 aromatic heterocycles. The number of amides is 3. The molecule has 10 nitrogen and oxygen atoms in total. The number of fused-ring (bicyclic) bond motifs is 3. The van der Waals surface area contributed by atoms with E-state index in [-0.39, 0.29) is 17.8 Å². The third-order valence-electron chi connectivity index (χ3n) is 6.42. The number of nitrogen functional groups attached to an aromatic ring is 1. The molecule has 1 aliphatic heterocycles. The zero-order valence-corrected chi connectivity index (χ0v) is 20.0. The van der Waals surface area contributed by atoms with Gasteiger partial charge < -0.3 is 10.6 Å². The first-order valence-corrected chi connectivity index (χ1v) is 11.4. The summed E-state index contributed by atoms with van der Waals surface area (Å²) in [6.07, 6.45) is -1.38. The number of carbonyl (C=O) groups is 2. The molecular formula is C24H23F3N8O2. The van der Waals surface area contributed by atoms with Crippen molar-refractivity contribution in [3.63, 3.8) is 0 Å². The Labute approximate surface area is 209 Å². The first-order chi connectivity index (χ1) is 17.5. The number of hydrogen-bond donors (Lipinski definition) is 1. The fourth-order valence-corrected chi connectivity index (χ4v) is 4.21. The van der Waals surface area contributed by atoms with Gasteiger partial charge in [-0.05, 0) is 36.8 Å². The van der Waals surface area contributed by atoms with Crippen molar-refractivity contribution < 1.29 is 22.8 Å². The van der Waals surface area contributed by atoms with E-state index in [1.165, 1.54) is 23.1 Å². The Hall–Kier alpha value is -4.42. The summed E-state index contributed by atoms with van der Waals surface area (Å²) < 4.78 is 40.6. The summed E-state index contributed by atoms with van der Waals surface area (Å²) in [7, 11) is 3.20. The summed E-state index contributed by atoms with van der Waals surface area (Å²) >= 11 is 0. The molecule has 0 unspecified atom stereocenters. The fourth-order valence-electron chi connectivity index (χ4n) is 4.21. The number of anilines is 1. The summed E-state index contributed by atoms with van der Waals surface area (Å²) in [5, 5.41) is 7.85.